The van der Waals surface area contributed by atoms with E-state index >= 15 is 0 Å². The van der Waals surface area contributed by atoms with Crippen LogP contribution in [0.3, 0.4) is 0 Å². The van der Waals surface area contributed by atoms with Gasteiger partial charge in [-0.25, -0.2) is 17.6 Å². The van der Waals surface area contributed by atoms with Crippen molar-refractivity contribution < 1.29 is 17.6 Å². The Morgan fingerprint density at radius 1 is 1.27 bits per heavy atom. The van der Waals surface area contributed by atoms with Gasteiger partial charge >= 0.3 is 0 Å². The van der Waals surface area contributed by atoms with Gasteiger partial charge in [0.25, 0.3) is 12.3 Å². The van der Waals surface area contributed by atoms with E-state index in [-0.39, 0.29) is 16.5 Å². The van der Waals surface area contributed by atoms with Crippen LogP contribution < -0.4 is 0 Å². The fourth-order valence-corrected chi connectivity index (χ4v) is 1.50. The van der Waals surface area contributed by atoms with Gasteiger partial charge in [-0.1, -0.05) is 15.9 Å². The number of alkyl halides is 5. The van der Waals surface area contributed by atoms with Crippen LogP contribution in [0.4, 0.5) is 17.6 Å². The van der Waals surface area contributed by atoms with Crippen LogP contribution in [0, 0.1) is 0 Å². The Kier molecular flexibility index (Phi) is 3.76. The average Bonchev–Trinajstić information content (AvgIpc) is 2.15. The van der Waals surface area contributed by atoms with Gasteiger partial charge in [0, 0.05) is 23.4 Å². The van der Waals surface area contributed by atoms with Crippen molar-refractivity contribution in [3.63, 3.8) is 0 Å². The first kappa shape index (κ1) is 12.5. The van der Waals surface area contributed by atoms with E-state index in [1.54, 1.807) is 0 Å². The minimum atomic E-state index is -3.10. The molecule has 1 rings (SSSR count). The Morgan fingerprint density at radius 3 is 2.27 bits per heavy atom. The molecule has 15 heavy (non-hydrogen) atoms. The van der Waals surface area contributed by atoms with E-state index in [1.165, 1.54) is 12.1 Å². The van der Waals surface area contributed by atoms with Crippen LogP contribution in [-0.2, 0) is 11.3 Å². The zero-order chi connectivity index (χ0) is 11.6. The second kappa shape index (κ2) is 4.51. The van der Waals surface area contributed by atoms with Crippen molar-refractivity contribution >= 4 is 15.9 Å². The lowest BCUT2D eigenvalue weighted by Crippen LogP contribution is -2.08. The molecule has 0 unspecified atom stereocenters. The van der Waals surface area contributed by atoms with Gasteiger partial charge in [0.05, 0.1) is 0 Å². The molecule has 5 heteroatoms. The fourth-order valence-electron chi connectivity index (χ4n) is 1.17. The van der Waals surface area contributed by atoms with Gasteiger partial charge in [-0.05, 0) is 23.8 Å². The predicted molar refractivity (Wildman–Crippen MR) is 53.6 cm³/mol. The highest BCUT2D eigenvalue weighted by Crippen LogP contribution is 2.31. The maximum atomic E-state index is 13.0. The largest absolute Gasteiger partial charge is 0.270 e. The monoisotopic (exact) mass is 284 g/mol. The number of hydrogen-bond acceptors (Lipinski definition) is 0. The summed E-state index contributed by atoms with van der Waals surface area (Å²) in [6.07, 6.45) is -2.73. The second-order valence-corrected chi connectivity index (χ2v) is 3.85. The first-order valence-corrected chi connectivity index (χ1v) is 5.33. The summed E-state index contributed by atoms with van der Waals surface area (Å²) < 4.78 is 50.7. The molecule has 0 fully saturated rings. The first-order chi connectivity index (χ1) is 6.84. The summed E-state index contributed by atoms with van der Waals surface area (Å²) in [5, 5.41) is 0.274. The lowest BCUT2D eigenvalue weighted by atomic mass is 10.0. The van der Waals surface area contributed by atoms with Gasteiger partial charge in [0.2, 0.25) is 0 Å². The normalized spacial score (nSPS) is 12.2. The minimum absolute atomic E-state index is 0.274. The molecule has 1 aromatic carbocycles. The van der Waals surface area contributed by atoms with Crippen molar-refractivity contribution in [3.8, 4) is 0 Å². The maximum Gasteiger partial charge on any atom is 0.270 e. The van der Waals surface area contributed by atoms with E-state index < -0.39 is 12.3 Å². The van der Waals surface area contributed by atoms with Crippen LogP contribution in [0.5, 0.6) is 0 Å². The molecule has 0 saturated heterocycles. The third kappa shape index (κ3) is 3.19. The van der Waals surface area contributed by atoms with Crippen molar-refractivity contribution in [2.24, 2.45) is 0 Å². The average molecular weight is 285 g/mol. The highest BCUT2D eigenvalue weighted by Gasteiger charge is 2.26. The lowest BCUT2D eigenvalue weighted by Gasteiger charge is -2.13. The third-order valence-corrected chi connectivity index (χ3v) is 2.58. The van der Waals surface area contributed by atoms with Gasteiger partial charge in [0.15, 0.2) is 0 Å². The zero-order valence-electron chi connectivity index (χ0n) is 7.91. The maximum absolute atomic E-state index is 13.0. The topological polar surface area (TPSA) is 0 Å². The highest BCUT2D eigenvalue weighted by molar-refractivity contribution is 9.08. The Labute approximate surface area is 93.4 Å². The smallest absolute Gasteiger partial charge is 0.205 e. The molecule has 0 atom stereocenters. The molecule has 0 aliphatic carbocycles. The summed E-state index contributed by atoms with van der Waals surface area (Å²) in [5.41, 5.74) is -0.331. The SMILES string of the molecule is CC(F)(F)c1cc(CBr)cc(C(F)F)c1. The summed E-state index contributed by atoms with van der Waals surface area (Å²) in [6.45, 7) is 0.690. The Bertz CT molecular complexity index is 344. The van der Waals surface area contributed by atoms with E-state index in [0.29, 0.717) is 12.5 Å². The van der Waals surface area contributed by atoms with Gasteiger partial charge in [-0.2, -0.15) is 0 Å². The molecule has 1 aromatic rings. The quantitative estimate of drug-likeness (QED) is 0.561. The number of halogens is 5. The van der Waals surface area contributed by atoms with Crippen LogP contribution in [0.2, 0.25) is 0 Å². The molecule has 0 aromatic heterocycles. The van der Waals surface area contributed by atoms with Crippen molar-refractivity contribution in [3.05, 3.63) is 34.9 Å². The van der Waals surface area contributed by atoms with Crippen molar-refractivity contribution in [1.82, 2.24) is 0 Å². The summed E-state index contributed by atoms with van der Waals surface area (Å²) in [5.74, 6) is -3.10. The van der Waals surface area contributed by atoms with E-state index in [2.05, 4.69) is 15.9 Å². The third-order valence-electron chi connectivity index (χ3n) is 1.93. The van der Waals surface area contributed by atoms with Crippen LogP contribution in [-0.4, -0.2) is 0 Å². The molecule has 0 nitrogen and oxygen atoms in total. The molecular weight excluding hydrogens is 276 g/mol. The van der Waals surface area contributed by atoms with Crippen LogP contribution in [0.25, 0.3) is 0 Å². The predicted octanol–water partition coefficient (Wildman–Crippen LogP) is 4.63. The van der Waals surface area contributed by atoms with E-state index in [0.717, 1.165) is 6.07 Å². The summed E-state index contributed by atoms with van der Waals surface area (Å²) in [6, 6.07) is 3.28. The van der Waals surface area contributed by atoms with Gasteiger partial charge in [-0.3, -0.25) is 0 Å². The molecule has 0 heterocycles. The van der Waals surface area contributed by atoms with Crippen molar-refractivity contribution in [1.29, 1.82) is 0 Å². The molecule has 0 bridgehead atoms. The number of benzene rings is 1. The zero-order valence-corrected chi connectivity index (χ0v) is 9.49. The summed E-state index contributed by atoms with van der Waals surface area (Å²) in [7, 11) is 0. The summed E-state index contributed by atoms with van der Waals surface area (Å²) in [4.78, 5) is 0. The summed E-state index contributed by atoms with van der Waals surface area (Å²) >= 11 is 3.05. The number of hydrogen-bond donors (Lipinski definition) is 0. The molecule has 0 aliphatic heterocycles. The van der Waals surface area contributed by atoms with Crippen LogP contribution in [0.1, 0.15) is 30.0 Å². The molecular formula is C10H9BrF4. The van der Waals surface area contributed by atoms with Crippen LogP contribution in [0.15, 0.2) is 18.2 Å². The molecule has 0 N–H and O–H groups in total. The standard InChI is InChI=1S/C10H9BrF4/c1-10(14,15)8-3-6(5-11)2-7(4-8)9(12)13/h2-4,9H,5H2,1H3. The molecule has 0 radical (unpaired) electrons. The number of rotatable bonds is 3. The Balaban J connectivity index is 3.23. The van der Waals surface area contributed by atoms with E-state index in [1.807, 2.05) is 0 Å². The molecule has 0 amide bonds. The van der Waals surface area contributed by atoms with Gasteiger partial charge in [-0.15, -0.1) is 0 Å². The lowest BCUT2D eigenvalue weighted by molar-refractivity contribution is 0.0170. The first-order valence-electron chi connectivity index (χ1n) is 4.21. The molecule has 84 valence electrons. The fraction of sp³-hybridized carbons (Fsp3) is 0.400. The Hall–Kier alpha value is -0.580. The van der Waals surface area contributed by atoms with E-state index in [4.69, 9.17) is 0 Å². The molecule has 0 spiro atoms. The van der Waals surface area contributed by atoms with Gasteiger partial charge in [0.1, 0.15) is 0 Å². The Morgan fingerprint density at radius 2 is 1.87 bits per heavy atom. The van der Waals surface area contributed by atoms with Gasteiger partial charge < -0.3 is 0 Å². The highest BCUT2D eigenvalue weighted by atomic mass is 79.9. The minimum Gasteiger partial charge on any atom is -0.205 e. The van der Waals surface area contributed by atoms with Crippen molar-refractivity contribution in [2.45, 2.75) is 24.6 Å². The van der Waals surface area contributed by atoms with Crippen LogP contribution >= 0.6 is 15.9 Å². The van der Waals surface area contributed by atoms with Crippen molar-refractivity contribution in [2.75, 3.05) is 0 Å². The molecule has 0 saturated carbocycles. The molecule has 0 aliphatic rings. The second-order valence-electron chi connectivity index (χ2n) is 3.29. The van der Waals surface area contributed by atoms with E-state index in [9.17, 15) is 17.6 Å².